The third kappa shape index (κ3) is 7.75. The van der Waals surface area contributed by atoms with Crippen LogP contribution in [0.1, 0.15) is 17.3 Å². The Hall–Kier alpha value is -5.01. The summed E-state index contributed by atoms with van der Waals surface area (Å²) in [5.41, 5.74) is 2.76. The lowest BCUT2D eigenvalue weighted by Crippen LogP contribution is -2.38. The SMILES string of the molecule is O=C(CN(Cc1ccco1)S(=O)(=O)c1ccccc1)N/N=C\c1ccc(CNC(=O)C(=O)Nc2ccccc2)o1. The smallest absolute Gasteiger partial charge is 0.313 e. The van der Waals surface area contributed by atoms with Crippen molar-refractivity contribution in [2.45, 2.75) is 18.0 Å². The molecule has 0 unspecified atom stereocenters. The van der Waals surface area contributed by atoms with E-state index in [1.807, 2.05) is 0 Å². The fourth-order valence-corrected chi connectivity index (χ4v) is 4.81. The number of hydrogen-bond acceptors (Lipinski definition) is 8. The molecule has 12 nitrogen and oxygen atoms in total. The molecular formula is C27H25N5O7S. The van der Waals surface area contributed by atoms with Crippen LogP contribution in [0.4, 0.5) is 5.69 Å². The van der Waals surface area contributed by atoms with Gasteiger partial charge in [0, 0.05) is 5.69 Å². The molecule has 2 heterocycles. The third-order valence-corrected chi connectivity index (χ3v) is 7.14. The molecule has 0 saturated carbocycles. The fourth-order valence-electron chi connectivity index (χ4n) is 3.42. The second-order valence-corrected chi connectivity index (χ2v) is 10.2. The van der Waals surface area contributed by atoms with Gasteiger partial charge in [-0.3, -0.25) is 14.4 Å². The van der Waals surface area contributed by atoms with Gasteiger partial charge in [-0.15, -0.1) is 0 Å². The normalized spacial score (nSPS) is 11.4. The van der Waals surface area contributed by atoms with Crippen molar-refractivity contribution in [3.05, 3.63) is 108 Å². The zero-order chi connectivity index (χ0) is 28.4. The first kappa shape index (κ1) is 28.0. The van der Waals surface area contributed by atoms with Crippen molar-refractivity contribution in [1.29, 1.82) is 0 Å². The summed E-state index contributed by atoms with van der Waals surface area (Å²) in [6.07, 6.45) is 2.63. The van der Waals surface area contributed by atoms with Gasteiger partial charge < -0.3 is 19.5 Å². The number of carbonyl (C=O) groups is 3. The second kappa shape index (κ2) is 13.2. The molecule has 4 aromatic rings. The van der Waals surface area contributed by atoms with E-state index in [0.29, 0.717) is 17.2 Å². The Morgan fingerprint density at radius 3 is 2.27 bits per heavy atom. The molecule has 0 atom stereocenters. The zero-order valence-electron chi connectivity index (χ0n) is 21.0. The Morgan fingerprint density at radius 1 is 0.850 bits per heavy atom. The van der Waals surface area contributed by atoms with E-state index in [1.54, 1.807) is 72.8 Å². The molecule has 40 heavy (non-hydrogen) atoms. The van der Waals surface area contributed by atoms with E-state index in [4.69, 9.17) is 8.83 Å². The van der Waals surface area contributed by atoms with E-state index in [9.17, 15) is 22.8 Å². The predicted octanol–water partition coefficient (Wildman–Crippen LogP) is 2.47. The predicted molar refractivity (Wildman–Crippen MR) is 144 cm³/mol. The summed E-state index contributed by atoms with van der Waals surface area (Å²) in [4.78, 5) is 36.6. The molecule has 0 bridgehead atoms. The van der Waals surface area contributed by atoms with Crippen LogP contribution in [-0.4, -0.2) is 43.2 Å². The molecular weight excluding hydrogens is 538 g/mol. The van der Waals surface area contributed by atoms with Crippen molar-refractivity contribution in [2.24, 2.45) is 5.10 Å². The number of sulfonamides is 1. The van der Waals surface area contributed by atoms with Gasteiger partial charge in [-0.2, -0.15) is 9.41 Å². The van der Waals surface area contributed by atoms with Gasteiger partial charge in [-0.25, -0.2) is 13.8 Å². The topological polar surface area (TPSA) is 163 Å². The number of anilines is 1. The second-order valence-electron chi connectivity index (χ2n) is 8.27. The molecule has 0 radical (unpaired) electrons. The summed E-state index contributed by atoms with van der Waals surface area (Å²) in [6, 6.07) is 22.6. The van der Waals surface area contributed by atoms with Crippen molar-refractivity contribution < 1.29 is 31.6 Å². The number of rotatable bonds is 11. The van der Waals surface area contributed by atoms with E-state index < -0.39 is 34.3 Å². The van der Waals surface area contributed by atoms with Gasteiger partial charge in [-0.05, 0) is 48.5 Å². The van der Waals surface area contributed by atoms with Gasteiger partial charge >= 0.3 is 11.8 Å². The van der Waals surface area contributed by atoms with E-state index in [2.05, 4.69) is 21.2 Å². The number of benzene rings is 2. The lowest BCUT2D eigenvalue weighted by molar-refractivity contribution is -0.136. The maximum atomic E-state index is 13.1. The first-order valence-corrected chi connectivity index (χ1v) is 13.4. The average molecular weight is 564 g/mol. The molecule has 0 spiro atoms. The third-order valence-electron chi connectivity index (χ3n) is 5.34. The first-order chi connectivity index (χ1) is 19.3. The van der Waals surface area contributed by atoms with Gasteiger partial charge in [0.05, 0.1) is 37.0 Å². The van der Waals surface area contributed by atoms with Crippen molar-refractivity contribution in [3.63, 3.8) is 0 Å². The Bertz CT molecular complexity index is 1570. The number of carbonyl (C=O) groups excluding carboxylic acids is 3. The van der Waals surface area contributed by atoms with Gasteiger partial charge in [0.25, 0.3) is 5.91 Å². The van der Waals surface area contributed by atoms with Crippen LogP contribution in [0.3, 0.4) is 0 Å². The summed E-state index contributed by atoms with van der Waals surface area (Å²) >= 11 is 0. The van der Waals surface area contributed by atoms with Crippen molar-refractivity contribution >= 4 is 39.6 Å². The minimum atomic E-state index is -4.00. The summed E-state index contributed by atoms with van der Waals surface area (Å²) < 4.78 is 38.0. The highest BCUT2D eigenvalue weighted by Gasteiger charge is 2.27. The number of para-hydroxylation sites is 1. The van der Waals surface area contributed by atoms with Gasteiger partial charge in [0.1, 0.15) is 17.3 Å². The minimum Gasteiger partial charge on any atom is -0.468 e. The molecule has 0 saturated heterocycles. The highest BCUT2D eigenvalue weighted by molar-refractivity contribution is 7.89. The monoisotopic (exact) mass is 563 g/mol. The fraction of sp³-hybridized carbons (Fsp3) is 0.111. The van der Waals surface area contributed by atoms with Crippen molar-refractivity contribution in [1.82, 2.24) is 15.0 Å². The van der Waals surface area contributed by atoms with Crippen LogP contribution in [0.2, 0.25) is 0 Å². The number of hydrazone groups is 1. The Morgan fingerprint density at radius 2 is 1.57 bits per heavy atom. The van der Waals surface area contributed by atoms with Crippen LogP contribution < -0.4 is 16.1 Å². The van der Waals surface area contributed by atoms with Crippen LogP contribution in [0.5, 0.6) is 0 Å². The quantitative estimate of drug-likeness (QED) is 0.143. The molecule has 3 amide bonds. The molecule has 2 aromatic heterocycles. The van der Waals surface area contributed by atoms with Crippen LogP contribution >= 0.6 is 0 Å². The maximum Gasteiger partial charge on any atom is 0.313 e. The molecule has 0 fully saturated rings. The average Bonchev–Trinajstić information content (AvgIpc) is 3.64. The van der Waals surface area contributed by atoms with Gasteiger partial charge in [0.15, 0.2) is 0 Å². The first-order valence-electron chi connectivity index (χ1n) is 11.9. The molecule has 2 aromatic carbocycles. The van der Waals surface area contributed by atoms with Crippen molar-refractivity contribution in [2.75, 3.05) is 11.9 Å². The molecule has 3 N–H and O–H groups in total. The highest BCUT2D eigenvalue weighted by atomic mass is 32.2. The van der Waals surface area contributed by atoms with E-state index in [-0.39, 0.29) is 23.7 Å². The highest BCUT2D eigenvalue weighted by Crippen LogP contribution is 2.18. The van der Waals surface area contributed by atoms with E-state index in [0.717, 1.165) is 4.31 Å². The Kier molecular flexibility index (Phi) is 9.23. The molecule has 13 heteroatoms. The maximum absolute atomic E-state index is 13.1. The number of amides is 3. The summed E-state index contributed by atoms with van der Waals surface area (Å²) in [5, 5.41) is 8.74. The molecule has 0 aliphatic rings. The van der Waals surface area contributed by atoms with Gasteiger partial charge in [0.2, 0.25) is 10.0 Å². The largest absolute Gasteiger partial charge is 0.468 e. The minimum absolute atomic E-state index is 0.0330. The summed E-state index contributed by atoms with van der Waals surface area (Å²) in [5.74, 6) is -1.39. The van der Waals surface area contributed by atoms with Crippen LogP contribution in [0.25, 0.3) is 0 Å². The Labute approximate surface area is 229 Å². The van der Waals surface area contributed by atoms with Crippen molar-refractivity contribution in [3.8, 4) is 0 Å². The number of nitrogens with one attached hydrogen (secondary N) is 3. The standard InChI is InChI=1S/C27H25N5O7S/c33-25(19-32(18-23-10-7-15-38-23)40(36,37)24-11-5-2-6-12-24)31-29-17-22-14-13-21(39-22)16-28-26(34)27(35)30-20-8-3-1-4-9-20/h1-15,17H,16,18-19H2,(H,28,34)(H,30,35)(H,31,33)/b29-17-. The molecule has 0 aliphatic heterocycles. The Balaban J connectivity index is 1.29. The number of hydrogen-bond donors (Lipinski definition) is 3. The lowest BCUT2D eigenvalue weighted by Gasteiger charge is -2.20. The molecule has 206 valence electrons. The molecule has 0 aliphatic carbocycles. The van der Waals surface area contributed by atoms with Crippen LogP contribution in [0, 0.1) is 0 Å². The van der Waals surface area contributed by atoms with Gasteiger partial charge in [-0.1, -0.05) is 36.4 Å². The van der Waals surface area contributed by atoms with E-state index in [1.165, 1.54) is 24.6 Å². The van der Waals surface area contributed by atoms with Crippen LogP contribution in [0.15, 0.2) is 110 Å². The summed E-state index contributed by atoms with van der Waals surface area (Å²) in [7, 11) is -4.00. The van der Waals surface area contributed by atoms with E-state index >= 15 is 0 Å². The lowest BCUT2D eigenvalue weighted by atomic mass is 10.3. The molecule has 4 rings (SSSR count). The number of nitrogens with zero attached hydrogens (tertiary/aromatic N) is 2. The zero-order valence-corrected chi connectivity index (χ0v) is 21.8. The summed E-state index contributed by atoms with van der Waals surface area (Å²) in [6.45, 7) is -0.728. The van der Waals surface area contributed by atoms with Crippen LogP contribution in [-0.2, 0) is 37.5 Å². The number of furan rings is 2.